The molecule has 2 aromatic carbocycles. The summed E-state index contributed by atoms with van der Waals surface area (Å²) in [5, 5.41) is 10.1. The highest BCUT2D eigenvalue weighted by atomic mass is 35.5. The van der Waals surface area contributed by atoms with Crippen molar-refractivity contribution in [1.29, 1.82) is 0 Å². The highest BCUT2D eigenvalue weighted by Gasteiger charge is 2.10. The number of aliphatic hydroxyl groups is 1. The summed E-state index contributed by atoms with van der Waals surface area (Å²) in [6.45, 7) is 4.37. The van der Waals surface area contributed by atoms with E-state index in [1.54, 1.807) is 25.1 Å². The third-order valence-corrected chi connectivity index (χ3v) is 3.29. The van der Waals surface area contributed by atoms with Gasteiger partial charge in [-0.15, -0.1) is 0 Å². The fraction of sp³-hybridized carbons (Fsp3) is 0.294. The molecule has 0 aliphatic carbocycles. The van der Waals surface area contributed by atoms with Crippen molar-refractivity contribution >= 4 is 11.6 Å². The quantitative estimate of drug-likeness (QED) is 0.818. The Kier molecular flexibility index (Phi) is 5.48. The highest BCUT2D eigenvalue weighted by Crippen LogP contribution is 2.34. The number of halogens is 1. The first-order chi connectivity index (χ1) is 10.1. The van der Waals surface area contributed by atoms with E-state index in [1.165, 1.54) is 0 Å². The van der Waals surface area contributed by atoms with Crippen LogP contribution in [-0.4, -0.2) is 11.7 Å². The van der Waals surface area contributed by atoms with E-state index >= 15 is 0 Å². The van der Waals surface area contributed by atoms with Crippen molar-refractivity contribution in [3.05, 3.63) is 53.1 Å². The number of benzene rings is 2. The Bertz CT molecular complexity index is 596. The highest BCUT2D eigenvalue weighted by molar-refractivity contribution is 6.31. The molecule has 0 aliphatic heterocycles. The molecule has 21 heavy (non-hydrogen) atoms. The molecule has 0 heterocycles. The Morgan fingerprint density at radius 2 is 1.86 bits per heavy atom. The first-order valence-electron chi connectivity index (χ1n) is 6.99. The van der Waals surface area contributed by atoms with Crippen molar-refractivity contribution < 1.29 is 14.6 Å². The molecule has 4 heteroatoms. The molecular weight excluding hydrogens is 288 g/mol. The molecule has 0 aromatic heterocycles. The minimum absolute atomic E-state index is 0.481. The van der Waals surface area contributed by atoms with E-state index in [2.05, 4.69) is 6.92 Å². The zero-order valence-corrected chi connectivity index (χ0v) is 12.9. The van der Waals surface area contributed by atoms with Gasteiger partial charge in [-0.3, -0.25) is 0 Å². The van der Waals surface area contributed by atoms with E-state index in [1.807, 2.05) is 24.3 Å². The third-order valence-electron chi connectivity index (χ3n) is 2.96. The van der Waals surface area contributed by atoms with Crippen LogP contribution in [0.3, 0.4) is 0 Å². The van der Waals surface area contributed by atoms with Gasteiger partial charge in [0, 0.05) is 0 Å². The van der Waals surface area contributed by atoms with Gasteiger partial charge >= 0.3 is 0 Å². The third kappa shape index (κ3) is 4.13. The number of ether oxygens (including phenoxy) is 2. The second-order valence-corrected chi connectivity index (χ2v) is 5.16. The molecule has 0 amide bonds. The van der Waals surface area contributed by atoms with Gasteiger partial charge in [0.15, 0.2) is 11.5 Å². The molecule has 0 bridgehead atoms. The topological polar surface area (TPSA) is 38.7 Å². The predicted octanol–water partition coefficient (Wildman–Crippen LogP) is 4.97. The molecule has 0 saturated heterocycles. The maximum atomic E-state index is 9.58. The van der Waals surface area contributed by atoms with Crippen LogP contribution in [0.4, 0.5) is 0 Å². The summed E-state index contributed by atoms with van der Waals surface area (Å²) in [6, 6.07) is 12.8. The largest absolute Gasteiger partial charge is 0.490 e. The summed E-state index contributed by atoms with van der Waals surface area (Å²) in [5.41, 5.74) is 0.680. The molecule has 112 valence electrons. The van der Waals surface area contributed by atoms with Gasteiger partial charge in [-0.2, -0.15) is 0 Å². The zero-order valence-electron chi connectivity index (χ0n) is 12.2. The Hall–Kier alpha value is -1.71. The molecule has 2 aromatic rings. The Labute approximate surface area is 130 Å². The van der Waals surface area contributed by atoms with Gasteiger partial charge in [0.05, 0.1) is 17.7 Å². The summed E-state index contributed by atoms with van der Waals surface area (Å²) >= 11 is 6.14. The lowest BCUT2D eigenvalue weighted by molar-refractivity contribution is 0.199. The number of hydrogen-bond acceptors (Lipinski definition) is 3. The van der Waals surface area contributed by atoms with Crippen LogP contribution < -0.4 is 9.47 Å². The molecule has 3 nitrogen and oxygen atoms in total. The first kappa shape index (κ1) is 15.7. The van der Waals surface area contributed by atoms with Gasteiger partial charge in [0.2, 0.25) is 0 Å². The molecule has 1 N–H and O–H groups in total. The van der Waals surface area contributed by atoms with Crippen LogP contribution in [0.1, 0.15) is 31.9 Å². The van der Waals surface area contributed by atoms with Gasteiger partial charge in [0.1, 0.15) is 5.75 Å². The molecule has 0 aliphatic rings. The van der Waals surface area contributed by atoms with E-state index < -0.39 is 6.10 Å². The SMILES string of the molecule is CCCOc1ccccc1Oc1ccc(C(C)O)c(Cl)c1. The molecular formula is C17H19ClO3. The normalized spacial score (nSPS) is 12.0. The van der Waals surface area contributed by atoms with Gasteiger partial charge in [-0.05, 0) is 43.2 Å². The predicted molar refractivity (Wildman–Crippen MR) is 84.4 cm³/mol. The molecule has 0 radical (unpaired) electrons. The second-order valence-electron chi connectivity index (χ2n) is 4.76. The second kappa shape index (κ2) is 7.34. The minimum atomic E-state index is -0.605. The summed E-state index contributed by atoms with van der Waals surface area (Å²) in [5.74, 6) is 1.96. The van der Waals surface area contributed by atoms with E-state index in [-0.39, 0.29) is 0 Å². The van der Waals surface area contributed by atoms with Crippen LogP contribution in [0, 0.1) is 0 Å². The molecule has 0 spiro atoms. The average Bonchev–Trinajstić information content (AvgIpc) is 2.46. The molecule has 1 atom stereocenters. The molecule has 2 rings (SSSR count). The van der Waals surface area contributed by atoms with Crippen LogP contribution in [-0.2, 0) is 0 Å². The lowest BCUT2D eigenvalue weighted by atomic mass is 10.1. The first-order valence-corrected chi connectivity index (χ1v) is 7.36. The monoisotopic (exact) mass is 306 g/mol. The number of hydrogen-bond donors (Lipinski definition) is 1. The van der Waals surface area contributed by atoms with Crippen molar-refractivity contribution in [2.75, 3.05) is 6.61 Å². The Morgan fingerprint density at radius 1 is 1.14 bits per heavy atom. The van der Waals surface area contributed by atoms with Crippen LogP contribution in [0.5, 0.6) is 17.2 Å². The number of aliphatic hydroxyl groups excluding tert-OH is 1. The van der Waals surface area contributed by atoms with Gasteiger partial charge < -0.3 is 14.6 Å². The van der Waals surface area contributed by atoms with E-state index in [0.717, 1.165) is 6.42 Å². The summed E-state index contributed by atoms with van der Waals surface area (Å²) in [4.78, 5) is 0. The average molecular weight is 307 g/mol. The van der Waals surface area contributed by atoms with Crippen molar-refractivity contribution in [3.8, 4) is 17.2 Å². The van der Waals surface area contributed by atoms with Crippen molar-refractivity contribution in [2.45, 2.75) is 26.4 Å². The van der Waals surface area contributed by atoms with Crippen molar-refractivity contribution in [1.82, 2.24) is 0 Å². The van der Waals surface area contributed by atoms with Crippen LogP contribution in [0.2, 0.25) is 5.02 Å². The van der Waals surface area contributed by atoms with Crippen LogP contribution >= 0.6 is 11.6 Å². The summed E-state index contributed by atoms with van der Waals surface area (Å²) in [7, 11) is 0. The Balaban J connectivity index is 2.20. The fourth-order valence-electron chi connectivity index (χ4n) is 1.90. The Morgan fingerprint density at radius 3 is 2.48 bits per heavy atom. The zero-order chi connectivity index (χ0) is 15.2. The maximum Gasteiger partial charge on any atom is 0.169 e. The fourth-order valence-corrected chi connectivity index (χ4v) is 2.23. The van der Waals surface area contributed by atoms with Gasteiger partial charge in [-0.25, -0.2) is 0 Å². The minimum Gasteiger partial charge on any atom is -0.490 e. The number of para-hydroxylation sites is 2. The summed E-state index contributed by atoms with van der Waals surface area (Å²) < 4.78 is 11.5. The lowest BCUT2D eigenvalue weighted by Crippen LogP contribution is -1.97. The molecule has 1 unspecified atom stereocenters. The molecule has 0 saturated carbocycles. The van der Waals surface area contributed by atoms with Gasteiger partial charge in [0.25, 0.3) is 0 Å². The van der Waals surface area contributed by atoms with E-state index in [4.69, 9.17) is 21.1 Å². The summed E-state index contributed by atoms with van der Waals surface area (Å²) in [6.07, 6.45) is 0.329. The van der Waals surface area contributed by atoms with Crippen LogP contribution in [0.15, 0.2) is 42.5 Å². The smallest absolute Gasteiger partial charge is 0.169 e. The lowest BCUT2D eigenvalue weighted by Gasteiger charge is -2.13. The number of rotatable bonds is 6. The van der Waals surface area contributed by atoms with Crippen molar-refractivity contribution in [2.24, 2.45) is 0 Å². The molecule has 0 fully saturated rings. The van der Waals surface area contributed by atoms with Gasteiger partial charge in [-0.1, -0.05) is 36.7 Å². The maximum absolute atomic E-state index is 9.58. The van der Waals surface area contributed by atoms with Crippen LogP contribution in [0.25, 0.3) is 0 Å². The van der Waals surface area contributed by atoms with Crippen molar-refractivity contribution in [3.63, 3.8) is 0 Å². The standard InChI is InChI=1S/C17H19ClO3/c1-3-10-20-16-6-4-5-7-17(16)21-13-8-9-14(12(2)19)15(18)11-13/h4-9,11-12,19H,3,10H2,1-2H3. The van der Waals surface area contributed by atoms with E-state index in [0.29, 0.717) is 34.4 Å². The van der Waals surface area contributed by atoms with E-state index in [9.17, 15) is 5.11 Å².